The molecular weight excluding hydrogens is 264 g/mol. The Balaban J connectivity index is 1.72. The molecule has 0 aromatic rings. The smallest absolute Gasteiger partial charge is 0.211 e. The zero-order chi connectivity index (χ0) is 13.8. The van der Waals surface area contributed by atoms with Gasteiger partial charge in [0.2, 0.25) is 10.0 Å². The summed E-state index contributed by atoms with van der Waals surface area (Å²) in [6.07, 6.45) is 7.25. The van der Waals surface area contributed by atoms with Crippen molar-refractivity contribution in [1.29, 1.82) is 0 Å². The summed E-state index contributed by atoms with van der Waals surface area (Å²) in [5.74, 6) is 0.213. The van der Waals surface area contributed by atoms with Gasteiger partial charge in [-0.2, -0.15) is 0 Å². The number of hydrogen-bond donors (Lipinski definition) is 2. The second-order valence-electron chi connectivity index (χ2n) is 5.82. The SMILES string of the molecule is COC1(CNS(=O)(=O)CCC2CCCCN2)CCC1. The lowest BCUT2D eigenvalue weighted by Gasteiger charge is -2.40. The van der Waals surface area contributed by atoms with Crippen molar-refractivity contribution in [2.75, 3.05) is 26.0 Å². The van der Waals surface area contributed by atoms with Crippen LogP contribution in [0.25, 0.3) is 0 Å². The van der Waals surface area contributed by atoms with E-state index >= 15 is 0 Å². The van der Waals surface area contributed by atoms with Gasteiger partial charge in [0.25, 0.3) is 0 Å². The first-order chi connectivity index (χ1) is 9.05. The molecule has 0 aromatic carbocycles. The Morgan fingerprint density at radius 2 is 2.11 bits per heavy atom. The lowest BCUT2D eigenvalue weighted by atomic mass is 9.80. The first kappa shape index (κ1) is 15.2. The maximum Gasteiger partial charge on any atom is 0.211 e. The minimum Gasteiger partial charge on any atom is -0.377 e. The maximum atomic E-state index is 12.0. The van der Waals surface area contributed by atoms with Crippen molar-refractivity contribution in [3.8, 4) is 0 Å². The van der Waals surface area contributed by atoms with E-state index < -0.39 is 10.0 Å². The molecule has 6 heteroatoms. The summed E-state index contributed by atoms with van der Waals surface area (Å²) in [7, 11) is -1.50. The third-order valence-electron chi connectivity index (χ3n) is 4.46. The van der Waals surface area contributed by atoms with Crippen LogP contribution in [-0.2, 0) is 14.8 Å². The lowest BCUT2D eigenvalue weighted by molar-refractivity contribution is -0.0659. The Kier molecular flexibility index (Phi) is 5.22. The monoisotopic (exact) mass is 290 g/mol. The van der Waals surface area contributed by atoms with Crippen LogP contribution in [0.4, 0.5) is 0 Å². The van der Waals surface area contributed by atoms with Crippen molar-refractivity contribution in [2.45, 2.75) is 56.6 Å². The van der Waals surface area contributed by atoms with Crippen molar-refractivity contribution < 1.29 is 13.2 Å². The van der Waals surface area contributed by atoms with Gasteiger partial charge in [0, 0.05) is 19.7 Å². The predicted octanol–water partition coefficient (Wildman–Crippen LogP) is 1.01. The topological polar surface area (TPSA) is 67.4 Å². The zero-order valence-corrected chi connectivity index (χ0v) is 12.6. The normalized spacial score (nSPS) is 26.9. The molecule has 1 aliphatic heterocycles. The Bertz CT molecular complexity index is 368. The summed E-state index contributed by atoms with van der Waals surface area (Å²) in [6, 6.07) is 0.366. The number of ether oxygens (including phenoxy) is 1. The van der Waals surface area contributed by atoms with Crippen LogP contribution in [0, 0.1) is 0 Å². The van der Waals surface area contributed by atoms with E-state index in [1.165, 1.54) is 12.8 Å². The molecule has 2 aliphatic rings. The molecule has 1 heterocycles. The molecule has 1 saturated heterocycles. The largest absolute Gasteiger partial charge is 0.377 e. The Hall–Kier alpha value is -0.170. The second-order valence-corrected chi connectivity index (χ2v) is 7.74. The van der Waals surface area contributed by atoms with Gasteiger partial charge in [-0.05, 0) is 45.1 Å². The van der Waals surface area contributed by atoms with Gasteiger partial charge in [0.15, 0.2) is 0 Å². The summed E-state index contributed by atoms with van der Waals surface area (Å²) in [5.41, 5.74) is -0.240. The fourth-order valence-electron chi connectivity index (χ4n) is 2.81. The summed E-state index contributed by atoms with van der Waals surface area (Å²) >= 11 is 0. The highest BCUT2D eigenvalue weighted by atomic mass is 32.2. The van der Waals surface area contributed by atoms with E-state index in [9.17, 15) is 8.42 Å². The van der Waals surface area contributed by atoms with Crippen molar-refractivity contribution in [1.82, 2.24) is 10.0 Å². The fraction of sp³-hybridized carbons (Fsp3) is 1.00. The molecule has 0 radical (unpaired) electrons. The zero-order valence-electron chi connectivity index (χ0n) is 11.8. The van der Waals surface area contributed by atoms with Gasteiger partial charge >= 0.3 is 0 Å². The average Bonchev–Trinajstić information content (AvgIpc) is 2.37. The van der Waals surface area contributed by atoms with Crippen molar-refractivity contribution in [3.63, 3.8) is 0 Å². The standard InChI is InChI=1S/C13H26N2O3S/c1-18-13(7-4-8-13)11-15-19(16,17)10-6-12-5-2-3-9-14-12/h12,14-15H,2-11H2,1H3. The Labute approximate surface area is 116 Å². The molecule has 0 spiro atoms. The molecule has 5 nitrogen and oxygen atoms in total. The third kappa shape index (κ3) is 4.41. The van der Waals surface area contributed by atoms with E-state index in [0.29, 0.717) is 19.0 Å². The van der Waals surface area contributed by atoms with Crippen LogP contribution < -0.4 is 10.0 Å². The third-order valence-corrected chi connectivity index (χ3v) is 5.82. The van der Waals surface area contributed by atoms with Crippen molar-refractivity contribution in [3.05, 3.63) is 0 Å². The molecule has 2 fully saturated rings. The molecule has 19 heavy (non-hydrogen) atoms. The fourth-order valence-corrected chi connectivity index (χ4v) is 4.03. The quantitative estimate of drug-likeness (QED) is 0.734. The molecule has 1 saturated carbocycles. The van der Waals surface area contributed by atoms with Crippen LogP contribution in [0.3, 0.4) is 0 Å². The van der Waals surface area contributed by atoms with Gasteiger partial charge in [-0.1, -0.05) is 6.42 Å². The number of hydrogen-bond acceptors (Lipinski definition) is 4. The van der Waals surface area contributed by atoms with E-state index in [2.05, 4.69) is 10.0 Å². The van der Waals surface area contributed by atoms with E-state index in [-0.39, 0.29) is 11.4 Å². The molecule has 1 unspecified atom stereocenters. The van der Waals surface area contributed by atoms with Crippen LogP contribution in [0.2, 0.25) is 0 Å². The average molecular weight is 290 g/mol. The van der Waals surface area contributed by atoms with Gasteiger partial charge in [-0.3, -0.25) is 0 Å². The molecule has 1 aliphatic carbocycles. The summed E-state index contributed by atoms with van der Waals surface area (Å²) < 4.78 is 32.1. The van der Waals surface area contributed by atoms with Crippen molar-refractivity contribution in [2.24, 2.45) is 0 Å². The van der Waals surface area contributed by atoms with Crippen molar-refractivity contribution >= 4 is 10.0 Å². The van der Waals surface area contributed by atoms with Gasteiger partial charge in [-0.25, -0.2) is 13.1 Å². The number of rotatable bonds is 7. The summed E-state index contributed by atoms with van der Waals surface area (Å²) in [6.45, 7) is 1.44. The van der Waals surface area contributed by atoms with Crippen LogP contribution in [0.5, 0.6) is 0 Å². The molecule has 0 amide bonds. The van der Waals surface area contributed by atoms with E-state index in [0.717, 1.165) is 32.2 Å². The molecule has 112 valence electrons. The van der Waals surface area contributed by atoms with Gasteiger partial charge < -0.3 is 10.1 Å². The Morgan fingerprint density at radius 3 is 2.63 bits per heavy atom. The highest BCUT2D eigenvalue weighted by Crippen LogP contribution is 2.34. The lowest BCUT2D eigenvalue weighted by Crippen LogP contribution is -2.50. The number of methoxy groups -OCH3 is 1. The molecule has 2 rings (SSSR count). The highest BCUT2D eigenvalue weighted by Gasteiger charge is 2.37. The molecule has 0 aromatic heterocycles. The van der Waals surface area contributed by atoms with E-state index in [1.54, 1.807) is 7.11 Å². The molecular formula is C13H26N2O3S. The predicted molar refractivity (Wildman–Crippen MR) is 75.6 cm³/mol. The first-order valence-electron chi connectivity index (χ1n) is 7.31. The van der Waals surface area contributed by atoms with E-state index in [1.807, 2.05) is 0 Å². The highest BCUT2D eigenvalue weighted by molar-refractivity contribution is 7.89. The number of sulfonamides is 1. The minimum absolute atomic E-state index is 0.213. The maximum absolute atomic E-state index is 12.0. The van der Waals surface area contributed by atoms with Crippen LogP contribution >= 0.6 is 0 Å². The first-order valence-corrected chi connectivity index (χ1v) is 8.96. The molecule has 0 bridgehead atoms. The molecule has 2 N–H and O–H groups in total. The summed E-state index contributed by atoms with van der Waals surface area (Å²) in [4.78, 5) is 0. The van der Waals surface area contributed by atoms with E-state index in [4.69, 9.17) is 4.74 Å². The van der Waals surface area contributed by atoms with Gasteiger partial charge in [-0.15, -0.1) is 0 Å². The Morgan fingerprint density at radius 1 is 1.32 bits per heavy atom. The van der Waals surface area contributed by atoms with Gasteiger partial charge in [0.05, 0.1) is 11.4 Å². The minimum atomic E-state index is -3.17. The number of piperidine rings is 1. The van der Waals surface area contributed by atoms with Crippen LogP contribution in [-0.4, -0.2) is 46.0 Å². The van der Waals surface area contributed by atoms with Gasteiger partial charge in [0.1, 0.15) is 0 Å². The number of nitrogens with one attached hydrogen (secondary N) is 2. The second kappa shape index (κ2) is 6.52. The molecule has 1 atom stereocenters. The van der Waals surface area contributed by atoms with Crippen LogP contribution in [0.15, 0.2) is 0 Å². The summed E-state index contributed by atoms with van der Waals surface area (Å²) in [5, 5.41) is 3.38. The van der Waals surface area contributed by atoms with Crippen LogP contribution in [0.1, 0.15) is 44.9 Å².